The van der Waals surface area contributed by atoms with Gasteiger partial charge in [0, 0.05) is 5.56 Å². The minimum Gasteiger partial charge on any atom is -0.370 e. The molecule has 154 valence electrons. The lowest BCUT2D eigenvalue weighted by Crippen LogP contribution is -2.60. The summed E-state index contributed by atoms with van der Waals surface area (Å²) in [6.45, 7) is 1.54. The maximum atomic E-state index is 12.6. The van der Waals surface area contributed by atoms with Crippen LogP contribution in [-0.2, 0) is 18.9 Å². The van der Waals surface area contributed by atoms with Gasteiger partial charge in [0.25, 0.3) is 5.91 Å². The zero-order valence-corrected chi connectivity index (χ0v) is 15.9. The molecule has 10 heteroatoms. The largest absolute Gasteiger partial charge is 0.370 e. The SMILES string of the molecule is O=C(Nc1ncnc2c1ncn2C1COC23COCOC2C1OC3)c1ccccc1. The summed E-state index contributed by atoms with van der Waals surface area (Å²) in [4.78, 5) is 25.6. The van der Waals surface area contributed by atoms with Gasteiger partial charge in [0.2, 0.25) is 0 Å². The Morgan fingerprint density at radius 1 is 1.13 bits per heavy atom. The molecule has 2 bridgehead atoms. The fourth-order valence-corrected chi connectivity index (χ4v) is 4.43. The Labute approximate surface area is 171 Å². The second kappa shape index (κ2) is 6.81. The van der Waals surface area contributed by atoms with E-state index in [9.17, 15) is 4.79 Å². The molecule has 4 unspecified atom stereocenters. The van der Waals surface area contributed by atoms with Crippen LogP contribution in [0.5, 0.6) is 0 Å². The van der Waals surface area contributed by atoms with Crippen molar-refractivity contribution >= 4 is 22.9 Å². The van der Waals surface area contributed by atoms with Crippen molar-refractivity contribution in [3.63, 3.8) is 0 Å². The average Bonchev–Trinajstić information content (AvgIpc) is 3.34. The van der Waals surface area contributed by atoms with Gasteiger partial charge in [0.05, 0.1) is 32.2 Å². The molecule has 1 amide bonds. The highest BCUT2D eigenvalue weighted by Crippen LogP contribution is 2.44. The van der Waals surface area contributed by atoms with Crippen molar-refractivity contribution in [1.82, 2.24) is 19.5 Å². The summed E-state index contributed by atoms with van der Waals surface area (Å²) < 4.78 is 25.4. The molecule has 3 aliphatic heterocycles. The zero-order valence-electron chi connectivity index (χ0n) is 15.9. The first-order chi connectivity index (χ1) is 14.8. The number of rotatable bonds is 3. The first-order valence-corrected chi connectivity index (χ1v) is 9.74. The van der Waals surface area contributed by atoms with Crippen molar-refractivity contribution in [2.24, 2.45) is 0 Å². The molecule has 3 aliphatic rings. The third-order valence-corrected chi connectivity index (χ3v) is 5.92. The first kappa shape index (κ1) is 17.9. The van der Waals surface area contributed by atoms with Gasteiger partial charge in [-0.3, -0.25) is 4.79 Å². The third kappa shape index (κ3) is 2.65. The Morgan fingerprint density at radius 3 is 2.93 bits per heavy atom. The summed E-state index contributed by atoms with van der Waals surface area (Å²) in [5.41, 5.74) is 1.10. The fourth-order valence-electron chi connectivity index (χ4n) is 4.43. The molecule has 10 nitrogen and oxygen atoms in total. The summed E-state index contributed by atoms with van der Waals surface area (Å²) in [5.74, 6) is 0.0963. The molecule has 3 saturated heterocycles. The zero-order chi connectivity index (χ0) is 20.1. The molecule has 4 atom stereocenters. The molecule has 3 fully saturated rings. The molecular formula is C20H19N5O5. The van der Waals surface area contributed by atoms with Crippen LogP contribution in [0.1, 0.15) is 16.4 Å². The number of nitrogens with one attached hydrogen (secondary N) is 1. The number of hydrogen-bond acceptors (Lipinski definition) is 8. The topological polar surface area (TPSA) is 110 Å². The summed E-state index contributed by atoms with van der Waals surface area (Å²) in [6, 6.07) is 8.79. The maximum absolute atomic E-state index is 12.6. The Kier molecular flexibility index (Phi) is 4.06. The molecule has 0 saturated carbocycles. The molecule has 0 spiro atoms. The molecular weight excluding hydrogens is 390 g/mol. The van der Waals surface area contributed by atoms with Gasteiger partial charge in [-0.1, -0.05) is 18.2 Å². The number of ether oxygens (including phenoxy) is 4. The molecule has 0 radical (unpaired) electrons. The Bertz CT molecular complexity index is 1110. The van der Waals surface area contributed by atoms with Crippen molar-refractivity contribution in [2.75, 3.05) is 31.9 Å². The van der Waals surface area contributed by atoms with Gasteiger partial charge in [0.1, 0.15) is 30.9 Å². The van der Waals surface area contributed by atoms with E-state index in [0.29, 0.717) is 42.4 Å². The number of fused-ring (bicyclic) bond motifs is 1. The summed E-state index contributed by atoms with van der Waals surface area (Å²) >= 11 is 0. The van der Waals surface area contributed by atoms with Gasteiger partial charge in [-0.05, 0) is 12.1 Å². The quantitative estimate of drug-likeness (QED) is 0.686. The second-order valence-corrected chi connectivity index (χ2v) is 7.64. The normalized spacial score (nSPS) is 30.2. The number of anilines is 1. The van der Waals surface area contributed by atoms with Crippen LogP contribution in [0.4, 0.5) is 5.82 Å². The van der Waals surface area contributed by atoms with E-state index in [0.717, 1.165) is 0 Å². The van der Waals surface area contributed by atoms with Crippen LogP contribution in [0.15, 0.2) is 43.0 Å². The Balaban J connectivity index is 1.32. The first-order valence-electron chi connectivity index (χ1n) is 9.74. The summed E-state index contributed by atoms with van der Waals surface area (Å²) in [7, 11) is 0. The van der Waals surface area contributed by atoms with Crippen LogP contribution >= 0.6 is 0 Å². The molecule has 30 heavy (non-hydrogen) atoms. The van der Waals surface area contributed by atoms with Crippen LogP contribution in [0.25, 0.3) is 11.2 Å². The monoisotopic (exact) mass is 409 g/mol. The lowest BCUT2D eigenvalue weighted by Gasteiger charge is -2.44. The van der Waals surface area contributed by atoms with Gasteiger partial charge >= 0.3 is 0 Å². The van der Waals surface area contributed by atoms with Crippen molar-refractivity contribution in [1.29, 1.82) is 0 Å². The fraction of sp³-hybridized carbons (Fsp3) is 0.400. The Morgan fingerprint density at radius 2 is 2.03 bits per heavy atom. The number of carbonyl (C=O) groups is 1. The van der Waals surface area contributed by atoms with Crippen molar-refractivity contribution in [3.05, 3.63) is 48.5 Å². The molecule has 6 rings (SSSR count). The van der Waals surface area contributed by atoms with Crippen molar-refractivity contribution in [3.8, 4) is 0 Å². The maximum Gasteiger partial charge on any atom is 0.256 e. The van der Waals surface area contributed by atoms with Gasteiger partial charge in [-0.25, -0.2) is 15.0 Å². The molecule has 1 aromatic carbocycles. The Hall–Kier alpha value is -2.92. The average molecular weight is 409 g/mol. The molecule has 2 aromatic heterocycles. The third-order valence-electron chi connectivity index (χ3n) is 5.92. The predicted molar refractivity (Wildman–Crippen MR) is 103 cm³/mol. The number of carbonyl (C=O) groups excluding carboxylic acids is 1. The van der Waals surface area contributed by atoms with E-state index in [-0.39, 0.29) is 30.9 Å². The van der Waals surface area contributed by atoms with Crippen LogP contribution in [0.2, 0.25) is 0 Å². The molecule has 0 aliphatic carbocycles. The minimum atomic E-state index is -0.542. The van der Waals surface area contributed by atoms with E-state index in [1.165, 1.54) is 6.33 Å². The van der Waals surface area contributed by atoms with E-state index in [1.807, 2.05) is 22.8 Å². The number of benzene rings is 1. The number of nitrogens with zero attached hydrogens (tertiary/aromatic N) is 4. The van der Waals surface area contributed by atoms with Crippen LogP contribution < -0.4 is 5.32 Å². The van der Waals surface area contributed by atoms with Gasteiger partial charge in [0.15, 0.2) is 17.0 Å². The van der Waals surface area contributed by atoms with E-state index in [4.69, 9.17) is 18.9 Å². The number of amides is 1. The molecule has 3 aromatic rings. The van der Waals surface area contributed by atoms with Crippen LogP contribution in [-0.4, -0.2) is 69.8 Å². The van der Waals surface area contributed by atoms with Gasteiger partial charge < -0.3 is 28.8 Å². The highest BCUT2D eigenvalue weighted by Gasteiger charge is 2.60. The molecule has 1 N–H and O–H groups in total. The van der Waals surface area contributed by atoms with Crippen LogP contribution in [0, 0.1) is 0 Å². The smallest absolute Gasteiger partial charge is 0.256 e. The lowest BCUT2D eigenvalue weighted by atomic mass is 9.90. The highest BCUT2D eigenvalue weighted by atomic mass is 16.7. The van der Waals surface area contributed by atoms with Crippen molar-refractivity contribution < 1.29 is 23.7 Å². The second-order valence-electron chi connectivity index (χ2n) is 7.64. The number of hydrogen-bond donors (Lipinski definition) is 1. The minimum absolute atomic E-state index is 0.165. The van der Waals surface area contributed by atoms with E-state index in [2.05, 4.69) is 20.3 Å². The van der Waals surface area contributed by atoms with Crippen molar-refractivity contribution in [2.45, 2.75) is 23.9 Å². The lowest BCUT2D eigenvalue weighted by molar-refractivity contribution is -0.267. The van der Waals surface area contributed by atoms with E-state index < -0.39 is 5.60 Å². The number of imidazole rings is 1. The van der Waals surface area contributed by atoms with Crippen LogP contribution in [0.3, 0.4) is 0 Å². The molecule has 5 heterocycles. The van der Waals surface area contributed by atoms with Gasteiger partial charge in [-0.2, -0.15) is 0 Å². The summed E-state index contributed by atoms with van der Waals surface area (Å²) in [5, 5.41) is 2.83. The van der Waals surface area contributed by atoms with E-state index >= 15 is 0 Å². The predicted octanol–water partition coefficient (Wildman–Crippen LogP) is 1.16. The summed E-state index contributed by atoms with van der Waals surface area (Å²) in [6.07, 6.45) is 2.69. The van der Waals surface area contributed by atoms with E-state index in [1.54, 1.807) is 18.5 Å². The van der Waals surface area contributed by atoms with Gasteiger partial charge in [-0.15, -0.1) is 0 Å². The number of aromatic nitrogens is 4. The highest BCUT2D eigenvalue weighted by molar-refractivity contribution is 6.06. The standard InChI is InChI=1S/C20H19N5O5/c26-19(12-4-2-1-3-5-12)24-17-14-18(22-9-21-17)25(10-23-14)13-6-30-20-7-27-11-29-16(20)15(13)28-8-20/h1-5,9-10,13,15-16H,6-8,11H2,(H,21,22,24,26).